The third kappa shape index (κ3) is 2.52. The number of hydrogen-bond donors (Lipinski definition) is 0. The third-order valence-electron chi connectivity index (χ3n) is 4.94. The average molecular weight is 380 g/mol. The van der Waals surface area contributed by atoms with E-state index in [2.05, 4.69) is 0 Å². The Morgan fingerprint density at radius 1 is 0.414 bits per heavy atom. The van der Waals surface area contributed by atoms with Gasteiger partial charge in [-0.15, -0.1) is 4.94 Å². The zero-order chi connectivity index (χ0) is 19.2. The van der Waals surface area contributed by atoms with Crippen molar-refractivity contribution in [1.29, 1.82) is 0 Å². The summed E-state index contributed by atoms with van der Waals surface area (Å²) in [5, 5.41) is 3.60. The van der Waals surface area contributed by atoms with E-state index in [4.69, 9.17) is 14.4 Å². The molecule has 140 valence electrons. The minimum absolute atomic E-state index is 0.737. The first-order chi connectivity index (χ1) is 14.4. The molecule has 6 rings (SSSR count). The molecule has 0 N–H and O–H groups in total. The fraction of sp³-hybridized carbons (Fsp3) is 0. The standard InChI is InChI=1S/C24H16N2O3/c1-5-13-21-17(9-1)25(18-10-2-6-14-22(18)27-21)29-26-19-11-3-7-15-23(19)28-24-16-8-4-12-20(24)26/h1-16H. The summed E-state index contributed by atoms with van der Waals surface area (Å²) in [5.41, 5.74) is 3.31. The zero-order valence-corrected chi connectivity index (χ0v) is 15.4. The van der Waals surface area contributed by atoms with Gasteiger partial charge in [-0.25, -0.2) is 0 Å². The Labute approximate surface area is 167 Å². The molecule has 29 heavy (non-hydrogen) atoms. The minimum Gasteiger partial charge on any atom is -0.453 e. The van der Waals surface area contributed by atoms with E-state index >= 15 is 0 Å². The second-order valence-electron chi connectivity index (χ2n) is 6.75. The number of anilines is 4. The fourth-order valence-corrected chi connectivity index (χ4v) is 3.60. The molecule has 4 aromatic rings. The molecule has 0 saturated carbocycles. The minimum atomic E-state index is 0.737. The van der Waals surface area contributed by atoms with Crippen LogP contribution in [0.5, 0.6) is 23.0 Å². The van der Waals surface area contributed by atoms with E-state index in [-0.39, 0.29) is 0 Å². The lowest BCUT2D eigenvalue weighted by Gasteiger charge is -2.37. The van der Waals surface area contributed by atoms with Gasteiger partial charge in [-0.2, -0.15) is 10.1 Å². The van der Waals surface area contributed by atoms with Crippen LogP contribution in [0.3, 0.4) is 0 Å². The Hall–Kier alpha value is -3.96. The van der Waals surface area contributed by atoms with Crippen molar-refractivity contribution in [2.75, 3.05) is 10.1 Å². The molecule has 0 amide bonds. The molecule has 2 aliphatic heterocycles. The molecule has 2 heterocycles. The van der Waals surface area contributed by atoms with Crippen molar-refractivity contribution in [3.05, 3.63) is 97.1 Å². The van der Waals surface area contributed by atoms with Gasteiger partial charge in [0.05, 0.1) is 0 Å². The van der Waals surface area contributed by atoms with Crippen molar-refractivity contribution in [2.24, 2.45) is 0 Å². The first-order valence-corrected chi connectivity index (χ1v) is 9.39. The van der Waals surface area contributed by atoms with Crippen LogP contribution >= 0.6 is 0 Å². The molecule has 0 spiro atoms. The maximum absolute atomic E-state index is 6.54. The lowest BCUT2D eigenvalue weighted by atomic mass is 10.2. The van der Waals surface area contributed by atoms with Crippen molar-refractivity contribution in [3.63, 3.8) is 0 Å². The lowest BCUT2D eigenvalue weighted by molar-refractivity contribution is 0.127. The van der Waals surface area contributed by atoms with Crippen LogP contribution in [0, 0.1) is 0 Å². The molecule has 0 saturated heterocycles. The Morgan fingerprint density at radius 2 is 0.690 bits per heavy atom. The lowest BCUT2D eigenvalue weighted by Crippen LogP contribution is -2.32. The summed E-state index contributed by atoms with van der Waals surface area (Å²) in [6, 6.07) is 31.3. The second-order valence-corrected chi connectivity index (χ2v) is 6.75. The Kier molecular flexibility index (Phi) is 3.48. The van der Waals surface area contributed by atoms with Crippen molar-refractivity contribution >= 4 is 22.7 Å². The first-order valence-electron chi connectivity index (χ1n) is 9.39. The fourth-order valence-electron chi connectivity index (χ4n) is 3.60. The van der Waals surface area contributed by atoms with Gasteiger partial charge < -0.3 is 9.47 Å². The molecule has 0 unspecified atom stereocenters. The Morgan fingerprint density at radius 3 is 1.00 bits per heavy atom. The van der Waals surface area contributed by atoms with Crippen LogP contribution in [0.2, 0.25) is 0 Å². The molecular formula is C24H16N2O3. The molecule has 0 atom stereocenters. The quantitative estimate of drug-likeness (QED) is 0.385. The van der Waals surface area contributed by atoms with Crippen LogP contribution < -0.4 is 19.6 Å². The average Bonchev–Trinajstić information content (AvgIpc) is 2.78. The maximum Gasteiger partial charge on any atom is 0.153 e. The number of hydrogen-bond acceptors (Lipinski definition) is 5. The summed E-state index contributed by atoms with van der Waals surface area (Å²) >= 11 is 0. The highest BCUT2D eigenvalue weighted by molar-refractivity contribution is 5.79. The number of fused-ring (bicyclic) bond motifs is 4. The topological polar surface area (TPSA) is 34.2 Å². The van der Waals surface area contributed by atoms with Crippen molar-refractivity contribution in [3.8, 4) is 23.0 Å². The van der Waals surface area contributed by atoms with E-state index in [1.807, 2.05) is 97.1 Å². The summed E-state index contributed by atoms with van der Waals surface area (Å²) < 4.78 is 12.1. The summed E-state index contributed by atoms with van der Waals surface area (Å²) in [6.07, 6.45) is 0. The van der Waals surface area contributed by atoms with Gasteiger partial charge in [0.25, 0.3) is 0 Å². The highest BCUT2D eigenvalue weighted by Crippen LogP contribution is 2.51. The summed E-state index contributed by atoms with van der Waals surface area (Å²) in [6.45, 7) is 0. The van der Waals surface area contributed by atoms with Gasteiger partial charge in [0.15, 0.2) is 23.0 Å². The van der Waals surface area contributed by atoms with E-state index in [1.54, 1.807) is 10.1 Å². The number of para-hydroxylation sites is 8. The van der Waals surface area contributed by atoms with Gasteiger partial charge in [-0.05, 0) is 48.5 Å². The van der Waals surface area contributed by atoms with Crippen LogP contribution in [0.4, 0.5) is 22.7 Å². The zero-order valence-electron chi connectivity index (χ0n) is 15.4. The number of benzene rings is 4. The maximum atomic E-state index is 6.54. The molecule has 5 heteroatoms. The van der Waals surface area contributed by atoms with Gasteiger partial charge in [-0.3, -0.25) is 0 Å². The van der Waals surface area contributed by atoms with Crippen molar-refractivity contribution < 1.29 is 14.4 Å². The highest BCUT2D eigenvalue weighted by atomic mass is 16.8. The molecule has 0 fully saturated rings. The number of ether oxygens (including phenoxy) is 2. The number of nitrogens with zero attached hydrogens (tertiary/aromatic N) is 2. The van der Waals surface area contributed by atoms with Gasteiger partial charge >= 0.3 is 0 Å². The Balaban J connectivity index is 1.51. The Bertz CT molecular complexity index is 1040. The third-order valence-corrected chi connectivity index (χ3v) is 4.94. The second kappa shape index (κ2) is 6.29. The van der Waals surface area contributed by atoms with E-state index in [9.17, 15) is 0 Å². The van der Waals surface area contributed by atoms with Crippen molar-refractivity contribution in [1.82, 2.24) is 0 Å². The monoisotopic (exact) mass is 380 g/mol. The van der Waals surface area contributed by atoms with Gasteiger partial charge in [-0.1, -0.05) is 48.5 Å². The van der Waals surface area contributed by atoms with E-state index in [1.165, 1.54) is 0 Å². The molecule has 0 bridgehead atoms. The predicted octanol–water partition coefficient (Wildman–Crippen LogP) is 6.72. The molecule has 0 aliphatic carbocycles. The smallest absolute Gasteiger partial charge is 0.153 e. The summed E-state index contributed by atoms with van der Waals surface area (Å²) in [7, 11) is 0. The summed E-state index contributed by atoms with van der Waals surface area (Å²) in [4.78, 5) is 6.54. The van der Waals surface area contributed by atoms with E-state index in [0.717, 1.165) is 45.7 Å². The van der Waals surface area contributed by atoms with Crippen LogP contribution in [-0.4, -0.2) is 0 Å². The van der Waals surface area contributed by atoms with Crippen LogP contribution in [0.15, 0.2) is 97.1 Å². The summed E-state index contributed by atoms with van der Waals surface area (Å²) in [5.74, 6) is 2.95. The molecular weight excluding hydrogens is 364 g/mol. The van der Waals surface area contributed by atoms with E-state index in [0.29, 0.717) is 0 Å². The molecule has 0 aromatic heterocycles. The van der Waals surface area contributed by atoms with E-state index < -0.39 is 0 Å². The highest BCUT2D eigenvalue weighted by Gasteiger charge is 2.31. The van der Waals surface area contributed by atoms with Gasteiger partial charge in [0.1, 0.15) is 22.7 Å². The molecule has 2 aliphatic rings. The normalized spacial score (nSPS) is 13.4. The molecule has 4 aromatic carbocycles. The van der Waals surface area contributed by atoms with Crippen LogP contribution in [0.1, 0.15) is 0 Å². The van der Waals surface area contributed by atoms with Gasteiger partial charge in [0, 0.05) is 0 Å². The van der Waals surface area contributed by atoms with Crippen molar-refractivity contribution in [2.45, 2.75) is 0 Å². The SMILES string of the molecule is c1ccc2c(c1)Oc1ccccc1N2ON1c2ccccc2Oc2ccccc21. The predicted molar refractivity (Wildman–Crippen MR) is 111 cm³/mol. The van der Waals surface area contributed by atoms with Crippen LogP contribution in [0.25, 0.3) is 0 Å². The van der Waals surface area contributed by atoms with Crippen LogP contribution in [-0.2, 0) is 4.94 Å². The van der Waals surface area contributed by atoms with Gasteiger partial charge in [0.2, 0.25) is 0 Å². The number of rotatable bonds is 2. The largest absolute Gasteiger partial charge is 0.453 e. The molecule has 0 radical (unpaired) electrons. The molecule has 5 nitrogen and oxygen atoms in total. The first kappa shape index (κ1) is 16.0.